The summed E-state index contributed by atoms with van der Waals surface area (Å²) in [6.45, 7) is 22.1. The Morgan fingerprint density at radius 3 is 1.97 bits per heavy atom. The van der Waals surface area contributed by atoms with Crippen molar-refractivity contribution in [2.24, 2.45) is 17.8 Å². The normalized spacial score (nSPS) is 16.8. The van der Waals surface area contributed by atoms with Crippen molar-refractivity contribution in [2.45, 2.75) is 151 Å². The van der Waals surface area contributed by atoms with E-state index < -0.39 is 30.1 Å². The second kappa shape index (κ2) is 24.9. The van der Waals surface area contributed by atoms with Crippen LogP contribution in [0.3, 0.4) is 0 Å². The third-order valence-electron chi connectivity index (χ3n) is 13.1. The number of rotatable bonds is 18. The summed E-state index contributed by atoms with van der Waals surface area (Å²) in [4.78, 5) is 89.3. The van der Waals surface area contributed by atoms with Crippen molar-refractivity contribution >= 4 is 35.2 Å². The molecule has 5 atom stereocenters. The molecule has 0 radical (unpaired) electrons. The molecule has 14 heteroatoms. The van der Waals surface area contributed by atoms with E-state index in [2.05, 4.69) is 31.6 Å². The predicted octanol–water partition coefficient (Wildman–Crippen LogP) is 8.94. The lowest BCUT2D eigenvalue weighted by Gasteiger charge is -2.37. The molecule has 0 spiro atoms. The number of ketones is 1. The van der Waals surface area contributed by atoms with E-state index in [0.29, 0.717) is 37.3 Å². The lowest BCUT2D eigenvalue weighted by Crippen LogP contribution is -2.53. The SMILES string of the molecule is CC(=O)C[C@H](NC(=O)C(CC(C)C)n1ccc(C)cc1=O)c1cnc(C)c(N2CCCCC2)c1.Cc1cccc(C)c1-c1cncc([C@H](CC(=O)O)NC(=O)[C@@H](CC(C)C)N2CCC(C)CC2=O)c1. The maximum atomic E-state index is 13.5. The summed E-state index contributed by atoms with van der Waals surface area (Å²) in [6.07, 6.45) is 12.6. The van der Waals surface area contributed by atoms with E-state index in [1.807, 2.05) is 92.6 Å². The number of carboxylic acid groups (broad SMARTS) is 1. The summed E-state index contributed by atoms with van der Waals surface area (Å²) in [5.74, 6) is -0.907. The average Bonchev–Trinajstić information content (AvgIpc) is 3.27. The number of pyridine rings is 3. The summed E-state index contributed by atoms with van der Waals surface area (Å²) in [7, 11) is 0. The Morgan fingerprint density at radius 2 is 1.38 bits per heavy atom. The van der Waals surface area contributed by atoms with Crippen LogP contribution in [0.2, 0.25) is 0 Å². The standard InChI is InChI=1S/C28H37N3O4.C27H38N4O3/c1-17(2)11-24(31-10-9-18(3)12-25(31)32)28(35)30-23(14-26(33)34)21-13-22(16-29-15-21)27-19(4)7-6-8-20(27)5;1-18(2)13-25(31-12-9-19(3)14-26(31)33)27(34)29-23(15-20(4)32)22-16-24(21(5)28-17-22)30-10-7-6-8-11-30/h6-8,13,15-18,23-24H,9-12,14H2,1-5H3,(H,30,35)(H,33,34);9,12,14,16-18,23,25H,6-8,10-11,13,15H2,1-5H3,(H,29,34)/t18?,23-,24+;23-,25?/m00/s1. The maximum Gasteiger partial charge on any atom is 0.305 e. The number of aryl methyl sites for hydroxylation is 4. The van der Waals surface area contributed by atoms with Gasteiger partial charge < -0.3 is 30.1 Å². The van der Waals surface area contributed by atoms with E-state index in [1.165, 1.54) is 17.9 Å². The van der Waals surface area contributed by atoms with Gasteiger partial charge in [0.25, 0.3) is 5.56 Å². The highest BCUT2D eigenvalue weighted by atomic mass is 16.4. The molecule has 1 aromatic carbocycles. The van der Waals surface area contributed by atoms with Gasteiger partial charge in [0.05, 0.1) is 29.9 Å². The van der Waals surface area contributed by atoms with Crippen LogP contribution in [0.4, 0.5) is 5.69 Å². The molecule has 0 aliphatic carbocycles. The largest absolute Gasteiger partial charge is 0.481 e. The quantitative estimate of drug-likeness (QED) is 0.0871. The first-order valence-corrected chi connectivity index (χ1v) is 24.8. The molecule has 372 valence electrons. The number of hydrogen-bond donors (Lipinski definition) is 3. The van der Waals surface area contributed by atoms with E-state index >= 15 is 0 Å². The average molecular weight is 946 g/mol. The molecule has 0 saturated carbocycles. The molecule has 3 aromatic heterocycles. The number of anilines is 1. The van der Waals surface area contributed by atoms with Crippen molar-refractivity contribution in [2.75, 3.05) is 24.5 Å². The Morgan fingerprint density at radius 1 is 0.768 bits per heavy atom. The van der Waals surface area contributed by atoms with Crippen LogP contribution in [0.25, 0.3) is 11.1 Å². The van der Waals surface area contributed by atoms with Gasteiger partial charge in [-0.1, -0.05) is 52.8 Å². The summed E-state index contributed by atoms with van der Waals surface area (Å²) in [5.41, 5.74) is 8.22. The van der Waals surface area contributed by atoms with E-state index in [0.717, 1.165) is 77.1 Å². The van der Waals surface area contributed by atoms with Gasteiger partial charge in [-0.3, -0.25) is 38.7 Å². The molecule has 2 fully saturated rings. The number of amides is 3. The smallest absolute Gasteiger partial charge is 0.305 e. The highest BCUT2D eigenvalue weighted by Crippen LogP contribution is 2.31. The second-order valence-electron chi connectivity index (χ2n) is 20.2. The van der Waals surface area contributed by atoms with Crippen molar-refractivity contribution in [3.63, 3.8) is 0 Å². The molecule has 14 nitrogen and oxygen atoms in total. The van der Waals surface area contributed by atoms with Crippen LogP contribution in [-0.2, 0) is 24.0 Å². The number of aromatic nitrogens is 3. The van der Waals surface area contributed by atoms with Gasteiger partial charge in [0.1, 0.15) is 17.9 Å². The van der Waals surface area contributed by atoms with Gasteiger partial charge in [-0.05, 0) is 142 Å². The van der Waals surface area contributed by atoms with E-state index in [9.17, 15) is 33.9 Å². The van der Waals surface area contributed by atoms with Crippen molar-refractivity contribution in [3.8, 4) is 11.1 Å². The van der Waals surface area contributed by atoms with Crippen molar-refractivity contribution < 1.29 is 29.1 Å². The molecule has 2 saturated heterocycles. The van der Waals surface area contributed by atoms with Gasteiger partial charge in [0, 0.05) is 68.9 Å². The van der Waals surface area contributed by atoms with E-state index in [-0.39, 0.29) is 53.7 Å². The molecular weight excluding hydrogens is 871 g/mol. The van der Waals surface area contributed by atoms with Crippen molar-refractivity contribution in [1.29, 1.82) is 0 Å². The predicted molar refractivity (Wildman–Crippen MR) is 271 cm³/mol. The molecule has 6 rings (SSSR count). The Balaban J connectivity index is 0.000000258. The van der Waals surface area contributed by atoms with Gasteiger partial charge in [-0.2, -0.15) is 0 Å². The Bertz CT molecular complexity index is 2470. The number of carbonyl (C=O) groups is 5. The molecule has 2 aliphatic rings. The minimum Gasteiger partial charge on any atom is -0.481 e. The first-order chi connectivity index (χ1) is 32.7. The first-order valence-electron chi connectivity index (χ1n) is 24.8. The van der Waals surface area contributed by atoms with Gasteiger partial charge in [0.2, 0.25) is 17.7 Å². The molecule has 5 heterocycles. The lowest BCUT2D eigenvalue weighted by molar-refractivity contribution is -0.145. The Hall–Kier alpha value is -6.18. The fraction of sp³-hybridized carbons (Fsp3) is 0.527. The second-order valence-corrected chi connectivity index (χ2v) is 20.2. The molecule has 69 heavy (non-hydrogen) atoms. The number of nitrogens with zero attached hydrogens (tertiary/aromatic N) is 5. The zero-order valence-corrected chi connectivity index (χ0v) is 42.5. The fourth-order valence-corrected chi connectivity index (χ4v) is 9.53. The lowest BCUT2D eigenvalue weighted by atomic mass is 9.93. The number of benzene rings is 1. The molecule has 3 amide bonds. The van der Waals surface area contributed by atoms with Crippen LogP contribution in [0.5, 0.6) is 0 Å². The number of carbonyl (C=O) groups excluding carboxylic acids is 4. The zero-order valence-electron chi connectivity index (χ0n) is 42.5. The third-order valence-corrected chi connectivity index (χ3v) is 13.1. The Kier molecular flexibility index (Phi) is 19.4. The number of piperidine rings is 2. The van der Waals surface area contributed by atoms with E-state index in [4.69, 9.17) is 0 Å². The molecule has 2 unspecified atom stereocenters. The monoisotopic (exact) mass is 946 g/mol. The Labute approximate surface area is 408 Å². The highest BCUT2D eigenvalue weighted by Gasteiger charge is 2.35. The van der Waals surface area contributed by atoms with E-state index in [1.54, 1.807) is 35.8 Å². The van der Waals surface area contributed by atoms with Crippen molar-refractivity contribution in [1.82, 2.24) is 30.1 Å². The van der Waals surface area contributed by atoms with Crippen LogP contribution < -0.4 is 21.1 Å². The van der Waals surface area contributed by atoms with Gasteiger partial charge in [-0.15, -0.1) is 0 Å². The summed E-state index contributed by atoms with van der Waals surface area (Å²) in [6, 6.07) is 10.9. The number of aliphatic carboxylic acids is 1. The van der Waals surface area contributed by atoms with Crippen LogP contribution >= 0.6 is 0 Å². The number of Topliss-reactive ketones (excluding diaryl/α,β-unsaturated/α-hetero) is 1. The summed E-state index contributed by atoms with van der Waals surface area (Å²) in [5, 5.41) is 15.6. The molecule has 0 bridgehead atoms. The topological polar surface area (TPSA) is 184 Å². The van der Waals surface area contributed by atoms with Crippen LogP contribution in [0.15, 0.2) is 72.0 Å². The van der Waals surface area contributed by atoms with Gasteiger partial charge >= 0.3 is 5.97 Å². The van der Waals surface area contributed by atoms with Crippen LogP contribution in [-0.4, -0.2) is 79.7 Å². The van der Waals surface area contributed by atoms with Gasteiger partial charge in [0.15, 0.2) is 0 Å². The molecule has 4 aromatic rings. The van der Waals surface area contributed by atoms with Crippen molar-refractivity contribution in [3.05, 3.63) is 111 Å². The minimum atomic E-state index is -1.02. The number of nitrogens with one attached hydrogen (secondary N) is 2. The molecule has 3 N–H and O–H groups in total. The number of likely N-dealkylation sites (tertiary alicyclic amines) is 1. The first kappa shape index (κ1) is 53.8. The van der Waals surface area contributed by atoms with Crippen LogP contribution in [0, 0.1) is 45.4 Å². The summed E-state index contributed by atoms with van der Waals surface area (Å²) >= 11 is 0. The summed E-state index contributed by atoms with van der Waals surface area (Å²) < 4.78 is 1.50. The fourth-order valence-electron chi connectivity index (χ4n) is 9.53. The minimum absolute atomic E-state index is 0.0155. The highest BCUT2D eigenvalue weighted by molar-refractivity contribution is 5.89. The third kappa shape index (κ3) is 15.2. The molecular formula is C55H75N7O7. The maximum absolute atomic E-state index is 13.5. The van der Waals surface area contributed by atoms with Crippen LogP contribution in [0.1, 0.15) is 151 Å². The number of carboxylic acids is 1. The van der Waals surface area contributed by atoms with Gasteiger partial charge in [-0.25, -0.2) is 0 Å². The number of hydrogen-bond acceptors (Lipinski definition) is 9. The zero-order chi connectivity index (χ0) is 50.5. The molecule has 2 aliphatic heterocycles.